The summed E-state index contributed by atoms with van der Waals surface area (Å²) in [6, 6.07) is 0. The van der Waals surface area contributed by atoms with E-state index >= 15 is 0 Å². The van der Waals surface area contributed by atoms with Crippen LogP contribution in [0.15, 0.2) is 0 Å². The highest BCUT2D eigenvalue weighted by Gasteiger charge is 2.10. The van der Waals surface area contributed by atoms with Crippen molar-refractivity contribution in [3.05, 3.63) is 0 Å². The average Bonchev–Trinajstić information content (AvgIpc) is 2.05. The molecule has 0 radical (unpaired) electrons. The molecule has 0 rings (SSSR count). The van der Waals surface area contributed by atoms with Crippen molar-refractivity contribution in [2.75, 3.05) is 6.61 Å². The number of carbonyl (C=O) groups is 1. The summed E-state index contributed by atoms with van der Waals surface area (Å²) in [5.41, 5.74) is 0. The third-order valence-electron chi connectivity index (χ3n) is 1.92. The molecule has 0 spiro atoms. The first-order valence-corrected chi connectivity index (χ1v) is 4.93. The van der Waals surface area contributed by atoms with Gasteiger partial charge in [0.25, 0.3) is 0 Å². The molecular weight excluding hydrogens is 168 g/mol. The van der Waals surface area contributed by atoms with Gasteiger partial charge in [-0.1, -0.05) is 26.7 Å². The lowest BCUT2D eigenvalue weighted by Crippen LogP contribution is -2.17. The Balaban J connectivity index is 3.56. The summed E-state index contributed by atoms with van der Waals surface area (Å²) in [5.74, 6) is 0.458. The van der Waals surface area contributed by atoms with Gasteiger partial charge in [-0.15, -0.1) is 0 Å². The van der Waals surface area contributed by atoms with E-state index in [-0.39, 0.29) is 6.10 Å². The van der Waals surface area contributed by atoms with E-state index < -0.39 is 6.16 Å². The molecule has 0 saturated carbocycles. The smallest absolute Gasteiger partial charge is 0.434 e. The van der Waals surface area contributed by atoms with Crippen LogP contribution in [0.3, 0.4) is 0 Å². The Morgan fingerprint density at radius 3 is 2.15 bits per heavy atom. The van der Waals surface area contributed by atoms with Crippen molar-refractivity contribution in [1.29, 1.82) is 0 Å². The summed E-state index contributed by atoms with van der Waals surface area (Å²) < 4.78 is 9.76. The molecular formula is C10H20O3. The molecule has 0 bridgehead atoms. The normalized spacial score (nSPS) is 10.6. The van der Waals surface area contributed by atoms with Crippen LogP contribution in [0.4, 0.5) is 4.79 Å². The van der Waals surface area contributed by atoms with E-state index in [2.05, 4.69) is 13.8 Å². The number of ether oxygens (including phenoxy) is 2. The molecule has 0 unspecified atom stereocenters. The molecule has 13 heavy (non-hydrogen) atoms. The highest BCUT2D eigenvalue weighted by Crippen LogP contribution is 2.08. The number of hydrogen-bond acceptors (Lipinski definition) is 3. The zero-order valence-electron chi connectivity index (χ0n) is 9.00. The maximum Gasteiger partial charge on any atom is 0.508 e. The van der Waals surface area contributed by atoms with Crippen molar-refractivity contribution in [2.24, 2.45) is 5.92 Å². The molecule has 3 heteroatoms. The van der Waals surface area contributed by atoms with E-state index in [1.807, 2.05) is 0 Å². The van der Waals surface area contributed by atoms with Crippen LogP contribution in [0.2, 0.25) is 0 Å². The highest BCUT2D eigenvalue weighted by atomic mass is 16.7. The molecule has 0 aliphatic heterocycles. The van der Waals surface area contributed by atoms with Gasteiger partial charge in [0.05, 0.1) is 12.7 Å². The molecule has 0 N–H and O–H groups in total. The van der Waals surface area contributed by atoms with Crippen LogP contribution in [0.25, 0.3) is 0 Å². The maximum atomic E-state index is 10.9. The molecule has 0 saturated heterocycles. The molecule has 0 atom stereocenters. The van der Waals surface area contributed by atoms with Crippen molar-refractivity contribution in [3.8, 4) is 0 Å². The van der Waals surface area contributed by atoms with Crippen molar-refractivity contribution in [3.63, 3.8) is 0 Å². The van der Waals surface area contributed by atoms with Gasteiger partial charge in [0.15, 0.2) is 0 Å². The second-order valence-corrected chi connectivity index (χ2v) is 3.41. The van der Waals surface area contributed by atoms with Crippen LogP contribution < -0.4 is 0 Å². The molecule has 78 valence electrons. The largest absolute Gasteiger partial charge is 0.508 e. The van der Waals surface area contributed by atoms with Crippen molar-refractivity contribution >= 4 is 6.16 Å². The van der Waals surface area contributed by atoms with E-state index in [0.717, 1.165) is 12.8 Å². The Kier molecular flexibility index (Phi) is 6.37. The number of hydrogen-bond donors (Lipinski definition) is 0. The Bertz CT molecular complexity index is 139. The van der Waals surface area contributed by atoms with Gasteiger partial charge in [-0.2, -0.15) is 0 Å². The summed E-state index contributed by atoms with van der Waals surface area (Å²) in [4.78, 5) is 10.9. The van der Waals surface area contributed by atoms with Gasteiger partial charge in [0.1, 0.15) is 0 Å². The topological polar surface area (TPSA) is 35.5 Å². The Morgan fingerprint density at radius 2 is 1.77 bits per heavy atom. The average molecular weight is 188 g/mol. The predicted octanol–water partition coefficient (Wildman–Crippen LogP) is 2.98. The second kappa shape index (κ2) is 6.75. The Labute approximate surface area is 80.4 Å². The minimum atomic E-state index is -0.554. The number of rotatable bonds is 5. The number of carbonyl (C=O) groups excluding carboxylic acids is 1. The first-order chi connectivity index (χ1) is 6.10. The molecule has 0 aliphatic carbocycles. The van der Waals surface area contributed by atoms with Gasteiger partial charge in [0, 0.05) is 0 Å². The standard InChI is InChI=1S/C10H20O3/c1-5-9(6-2)7-12-10(11)13-8(3)4/h8-9H,5-7H2,1-4H3. The highest BCUT2D eigenvalue weighted by molar-refractivity contribution is 5.59. The molecule has 0 aromatic carbocycles. The van der Waals surface area contributed by atoms with Gasteiger partial charge in [-0.05, 0) is 19.8 Å². The minimum Gasteiger partial charge on any atom is -0.434 e. The summed E-state index contributed by atoms with van der Waals surface area (Å²) in [5, 5.41) is 0. The fourth-order valence-electron chi connectivity index (χ4n) is 0.937. The van der Waals surface area contributed by atoms with Crippen LogP contribution in [0.5, 0.6) is 0 Å². The molecule has 0 amide bonds. The molecule has 0 aromatic rings. The summed E-state index contributed by atoms with van der Waals surface area (Å²) in [7, 11) is 0. The first-order valence-electron chi connectivity index (χ1n) is 4.93. The Hall–Kier alpha value is -0.730. The van der Waals surface area contributed by atoms with E-state index in [1.54, 1.807) is 13.8 Å². The summed E-state index contributed by atoms with van der Waals surface area (Å²) >= 11 is 0. The Morgan fingerprint density at radius 1 is 1.23 bits per heavy atom. The van der Waals surface area contributed by atoms with Crippen molar-refractivity contribution < 1.29 is 14.3 Å². The molecule has 0 aromatic heterocycles. The molecule has 0 heterocycles. The third kappa shape index (κ3) is 6.43. The van der Waals surface area contributed by atoms with Crippen LogP contribution >= 0.6 is 0 Å². The van der Waals surface area contributed by atoms with E-state index in [1.165, 1.54) is 0 Å². The van der Waals surface area contributed by atoms with E-state index in [0.29, 0.717) is 12.5 Å². The van der Waals surface area contributed by atoms with E-state index in [4.69, 9.17) is 9.47 Å². The SMILES string of the molecule is CCC(CC)COC(=O)OC(C)C. The second-order valence-electron chi connectivity index (χ2n) is 3.41. The minimum absolute atomic E-state index is 0.103. The first kappa shape index (κ1) is 12.3. The van der Waals surface area contributed by atoms with Gasteiger partial charge < -0.3 is 9.47 Å². The van der Waals surface area contributed by atoms with Crippen LogP contribution in [-0.4, -0.2) is 18.9 Å². The summed E-state index contributed by atoms with van der Waals surface area (Å²) in [6.07, 6.45) is 1.41. The molecule has 3 nitrogen and oxygen atoms in total. The van der Waals surface area contributed by atoms with Gasteiger partial charge in [-0.3, -0.25) is 0 Å². The lowest BCUT2D eigenvalue weighted by Gasteiger charge is -2.13. The van der Waals surface area contributed by atoms with E-state index in [9.17, 15) is 4.79 Å². The van der Waals surface area contributed by atoms with Crippen LogP contribution in [0, 0.1) is 5.92 Å². The van der Waals surface area contributed by atoms with Crippen molar-refractivity contribution in [1.82, 2.24) is 0 Å². The molecule has 0 aliphatic rings. The zero-order chi connectivity index (χ0) is 10.3. The summed E-state index contributed by atoms with van der Waals surface area (Å²) in [6.45, 7) is 8.26. The fourth-order valence-corrected chi connectivity index (χ4v) is 0.937. The fraction of sp³-hybridized carbons (Fsp3) is 0.900. The molecule has 0 fully saturated rings. The van der Waals surface area contributed by atoms with Crippen LogP contribution in [0.1, 0.15) is 40.5 Å². The van der Waals surface area contributed by atoms with Gasteiger partial charge in [-0.25, -0.2) is 4.79 Å². The predicted molar refractivity (Wildman–Crippen MR) is 51.6 cm³/mol. The lowest BCUT2D eigenvalue weighted by atomic mass is 10.1. The quantitative estimate of drug-likeness (QED) is 0.622. The maximum absolute atomic E-state index is 10.9. The third-order valence-corrected chi connectivity index (χ3v) is 1.92. The van der Waals surface area contributed by atoms with Crippen molar-refractivity contribution in [2.45, 2.75) is 46.6 Å². The van der Waals surface area contributed by atoms with Gasteiger partial charge >= 0.3 is 6.16 Å². The lowest BCUT2D eigenvalue weighted by molar-refractivity contribution is 0.0248. The monoisotopic (exact) mass is 188 g/mol. The van der Waals surface area contributed by atoms with Crippen LogP contribution in [-0.2, 0) is 9.47 Å². The van der Waals surface area contributed by atoms with Gasteiger partial charge in [0.2, 0.25) is 0 Å². The zero-order valence-corrected chi connectivity index (χ0v) is 9.00.